The lowest BCUT2D eigenvalue weighted by Gasteiger charge is -2.07. The average Bonchev–Trinajstić information content (AvgIpc) is 2.92. The number of hydrogen-bond acceptors (Lipinski definition) is 5. The minimum absolute atomic E-state index is 0.596. The normalized spacial score (nSPS) is 11.2. The molecular weight excluding hydrogens is 260 g/mol. The highest BCUT2D eigenvalue weighted by atomic mass is 32.2. The fraction of sp³-hybridized carbons (Fsp3) is 0.583. The maximum absolute atomic E-state index is 5.61. The fourth-order valence-corrected chi connectivity index (χ4v) is 2.97. The van der Waals surface area contributed by atoms with Crippen LogP contribution in [0.15, 0.2) is 11.2 Å². The minimum atomic E-state index is 0.596. The largest absolute Gasteiger partial charge is 0.329 e. The molecular formula is C12H20N6S. The van der Waals surface area contributed by atoms with Crippen molar-refractivity contribution in [2.45, 2.75) is 44.8 Å². The molecule has 0 bridgehead atoms. The smallest absolute Gasteiger partial charge is 0.191 e. The Hall–Kier alpha value is -1.34. The van der Waals surface area contributed by atoms with Crippen LogP contribution < -0.4 is 5.73 Å². The zero-order valence-corrected chi connectivity index (χ0v) is 12.4. The number of rotatable bonds is 6. The van der Waals surface area contributed by atoms with Crippen molar-refractivity contribution >= 4 is 11.8 Å². The predicted octanol–water partition coefficient (Wildman–Crippen LogP) is 1.36. The molecule has 2 N–H and O–H groups in total. The Kier molecular flexibility index (Phi) is 4.60. The summed E-state index contributed by atoms with van der Waals surface area (Å²) in [6.07, 6.45) is 0. The first-order valence-corrected chi connectivity index (χ1v) is 7.40. The number of thioether (sulfide) groups is 1. The SMILES string of the molecule is CCn1nc(C)cc1CSc1nnc(C)n1CCN. The van der Waals surface area contributed by atoms with Crippen molar-refractivity contribution in [1.29, 1.82) is 0 Å². The van der Waals surface area contributed by atoms with E-state index in [9.17, 15) is 0 Å². The molecule has 0 unspecified atom stereocenters. The van der Waals surface area contributed by atoms with Gasteiger partial charge in [-0.05, 0) is 26.8 Å². The van der Waals surface area contributed by atoms with Gasteiger partial charge in [-0.2, -0.15) is 5.10 Å². The highest BCUT2D eigenvalue weighted by molar-refractivity contribution is 7.98. The van der Waals surface area contributed by atoms with E-state index in [1.807, 2.05) is 18.5 Å². The monoisotopic (exact) mass is 280 g/mol. The Morgan fingerprint density at radius 2 is 2.11 bits per heavy atom. The second-order valence-electron chi connectivity index (χ2n) is 4.35. The number of nitrogens with zero attached hydrogens (tertiary/aromatic N) is 5. The summed E-state index contributed by atoms with van der Waals surface area (Å²) in [6.45, 7) is 8.31. The lowest BCUT2D eigenvalue weighted by molar-refractivity contribution is 0.622. The van der Waals surface area contributed by atoms with Crippen molar-refractivity contribution in [3.63, 3.8) is 0 Å². The highest BCUT2D eigenvalue weighted by Crippen LogP contribution is 2.22. The van der Waals surface area contributed by atoms with Crippen LogP contribution in [0.3, 0.4) is 0 Å². The first kappa shape index (κ1) is 14.1. The molecule has 0 saturated heterocycles. The Balaban J connectivity index is 2.09. The van der Waals surface area contributed by atoms with Gasteiger partial charge in [-0.3, -0.25) is 4.68 Å². The van der Waals surface area contributed by atoms with Crippen LogP contribution in [0.4, 0.5) is 0 Å². The second-order valence-corrected chi connectivity index (χ2v) is 5.29. The summed E-state index contributed by atoms with van der Waals surface area (Å²) in [7, 11) is 0. The van der Waals surface area contributed by atoms with Crippen LogP contribution in [0, 0.1) is 13.8 Å². The molecule has 7 heteroatoms. The third-order valence-corrected chi connectivity index (χ3v) is 3.89. The quantitative estimate of drug-likeness (QED) is 0.809. The molecule has 0 aliphatic carbocycles. The molecule has 2 aromatic rings. The van der Waals surface area contributed by atoms with Crippen molar-refractivity contribution in [3.05, 3.63) is 23.3 Å². The van der Waals surface area contributed by atoms with Gasteiger partial charge in [0.1, 0.15) is 5.82 Å². The van der Waals surface area contributed by atoms with E-state index in [2.05, 4.69) is 32.9 Å². The van der Waals surface area contributed by atoms with Crippen LogP contribution in [-0.4, -0.2) is 31.1 Å². The van der Waals surface area contributed by atoms with Crippen molar-refractivity contribution in [2.24, 2.45) is 5.73 Å². The average molecular weight is 280 g/mol. The van der Waals surface area contributed by atoms with Crippen LogP contribution in [0.2, 0.25) is 0 Å². The van der Waals surface area contributed by atoms with Crippen molar-refractivity contribution in [3.8, 4) is 0 Å². The number of nitrogens with two attached hydrogens (primary N) is 1. The summed E-state index contributed by atoms with van der Waals surface area (Å²) in [5, 5.41) is 13.7. The highest BCUT2D eigenvalue weighted by Gasteiger charge is 2.11. The molecule has 6 nitrogen and oxygen atoms in total. The fourth-order valence-electron chi connectivity index (χ4n) is 1.98. The van der Waals surface area contributed by atoms with Crippen LogP contribution >= 0.6 is 11.8 Å². The second kappa shape index (κ2) is 6.21. The molecule has 0 fully saturated rings. The molecule has 0 aromatic carbocycles. The summed E-state index contributed by atoms with van der Waals surface area (Å²) < 4.78 is 4.09. The number of aryl methyl sites for hydroxylation is 3. The van der Waals surface area contributed by atoms with Gasteiger partial charge in [-0.25, -0.2) is 0 Å². The summed E-state index contributed by atoms with van der Waals surface area (Å²) in [5.41, 5.74) is 7.88. The van der Waals surface area contributed by atoms with E-state index >= 15 is 0 Å². The lowest BCUT2D eigenvalue weighted by atomic mass is 10.4. The third kappa shape index (κ3) is 3.16. The molecule has 0 spiro atoms. The van der Waals surface area contributed by atoms with Crippen molar-refractivity contribution in [2.75, 3.05) is 6.54 Å². The van der Waals surface area contributed by atoms with Crippen LogP contribution in [0.5, 0.6) is 0 Å². The summed E-state index contributed by atoms with van der Waals surface area (Å²) in [6, 6.07) is 2.12. The van der Waals surface area contributed by atoms with Crippen molar-refractivity contribution in [1.82, 2.24) is 24.5 Å². The number of aromatic nitrogens is 5. The predicted molar refractivity (Wildman–Crippen MR) is 76.0 cm³/mol. The van der Waals surface area contributed by atoms with E-state index in [1.165, 1.54) is 5.69 Å². The molecule has 0 radical (unpaired) electrons. The van der Waals surface area contributed by atoms with Gasteiger partial charge < -0.3 is 10.3 Å². The number of hydrogen-bond donors (Lipinski definition) is 1. The van der Waals surface area contributed by atoms with Crippen molar-refractivity contribution < 1.29 is 0 Å². The minimum Gasteiger partial charge on any atom is -0.329 e. The van der Waals surface area contributed by atoms with Gasteiger partial charge in [-0.15, -0.1) is 10.2 Å². The van der Waals surface area contributed by atoms with Crippen LogP contribution in [-0.2, 0) is 18.8 Å². The molecule has 0 amide bonds. The molecule has 0 aliphatic rings. The molecule has 0 atom stereocenters. The molecule has 2 heterocycles. The topological polar surface area (TPSA) is 74.5 Å². The Bertz CT molecular complexity index is 544. The first-order valence-electron chi connectivity index (χ1n) is 6.41. The first-order chi connectivity index (χ1) is 9.15. The summed E-state index contributed by atoms with van der Waals surface area (Å²) in [4.78, 5) is 0. The van der Waals surface area contributed by atoms with Gasteiger partial charge >= 0.3 is 0 Å². The van der Waals surface area contributed by atoms with Gasteiger partial charge in [0.2, 0.25) is 0 Å². The van der Waals surface area contributed by atoms with Gasteiger partial charge in [-0.1, -0.05) is 11.8 Å². The standard InChI is InChI=1S/C12H20N6S/c1-4-18-11(7-9(2)16-18)8-19-12-15-14-10(3)17(12)6-5-13/h7H,4-6,8,13H2,1-3H3. The van der Waals surface area contributed by atoms with E-state index in [0.717, 1.165) is 35.5 Å². The maximum atomic E-state index is 5.61. The van der Waals surface area contributed by atoms with E-state index in [4.69, 9.17) is 5.73 Å². The maximum Gasteiger partial charge on any atom is 0.191 e. The lowest BCUT2D eigenvalue weighted by Crippen LogP contribution is -2.12. The van der Waals surface area contributed by atoms with Gasteiger partial charge in [0.05, 0.1) is 5.69 Å². The molecule has 0 saturated carbocycles. The molecule has 104 valence electrons. The van der Waals surface area contributed by atoms with Crippen LogP contribution in [0.25, 0.3) is 0 Å². The summed E-state index contributed by atoms with van der Waals surface area (Å²) in [5.74, 6) is 1.75. The van der Waals surface area contributed by atoms with Gasteiger partial charge in [0.25, 0.3) is 0 Å². The third-order valence-electron chi connectivity index (χ3n) is 2.89. The van der Waals surface area contributed by atoms with E-state index in [-0.39, 0.29) is 0 Å². The molecule has 2 rings (SSSR count). The van der Waals surface area contributed by atoms with E-state index in [0.29, 0.717) is 6.54 Å². The zero-order chi connectivity index (χ0) is 13.8. The van der Waals surface area contributed by atoms with E-state index in [1.54, 1.807) is 11.8 Å². The molecule has 19 heavy (non-hydrogen) atoms. The Morgan fingerprint density at radius 1 is 1.32 bits per heavy atom. The Labute approximate surface area is 117 Å². The van der Waals surface area contributed by atoms with Crippen LogP contribution in [0.1, 0.15) is 24.1 Å². The molecule has 2 aromatic heterocycles. The molecule has 0 aliphatic heterocycles. The van der Waals surface area contributed by atoms with Gasteiger partial charge in [0, 0.05) is 31.1 Å². The van der Waals surface area contributed by atoms with Gasteiger partial charge in [0.15, 0.2) is 5.16 Å². The zero-order valence-electron chi connectivity index (χ0n) is 11.6. The van der Waals surface area contributed by atoms with E-state index < -0.39 is 0 Å². The summed E-state index contributed by atoms with van der Waals surface area (Å²) >= 11 is 1.68. The Morgan fingerprint density at radius 3 is 2.79 bits per heavy atom.